The number of nitrogens with one attached hydrogen (secondary N) is 1. The summed E-state index contributed by atoms with van der Waals surface area (Å²) in [6, 6.07) is 4.03. The fraction of sp³-hybridized carbons (Fsp3) is 0.647. The van der Waals surface area contributed by atoms with Gasteiger partial charge >= 0.3 is 0 Å². The number of rotatable bonds is 3. The Morgan fingerprint density at radius 3 is 2.71 bits per heavy atom. The molecule has 0 bridgehead atoms. The molecule has 0 aromatic heterocycles. The van der Waals surface area contributed by atoms with Crippen molar-refractivity contribution in [3.63, 3.8) is 0 Å². The van der Waals surface area contributed by atoms with E-state index in [0.29, 0.717) is 12.2 Å². The third-order valence-corrected chi connectivity index (χ3v) is 5.24. The number of likely N-dealkylation sites (tertiary alicyclic amines) is 1. The molecular weight excluding hydrogens is 351 g/mol. The summed E-state index contributed by atoms with van der Waals surface area (Å²) in [6.45, 7) is 5.90. The van der Waals surface area contributed by atoms with Crippen molar-refractivity contribution in [3.8, 4) is 17.2 Å². The van der Waals surface area contributed by atoms with Crippen LogP contribution in [0.4, 0.5) is 0 Å². The SMILES string of the molecule is COc1cc2c(cc1CN1CCCC3(CCNC3)C1)OCO2.Cl.Cl. The molecule has 0 aliphatic carbocycles. The summed E-state index contributed by atoms with van der Waals surface area (Å²) in [7, 11) is 1.72. The number of fused-ring (bicyclic) bond motifs is 1. The highest BCUT2D eigenvalue weighted by atomic mass is 35.5. The highest BCUT2D eigenvalue weighted by Crippen LogP contribution is 2.40. The number of methoxy groups -OCH3 is 1. The molecule has 1 aromatic rings. The Balaban J connectivity index is 0.00000104. The Morgan fingerprint density at radius 2 is 2.00 bits per heavy atom. The topological polar surface area (TPSA) is 43.0 Å². The summed E-state index contributed by atoms with van der Waals surface area (Å²) in [4.78, 5) is 2.57. The molecule has 0 saturated carbocycles. The zero-order valence-electron chi connectivity index (χ0n) is 14.0. The van der Waals surface area contributed by atoms with Gasteiger partial charge in [-0.3, -0.25) is 4.90 Å². The summed E-state index contributed by atoms with van der Waals surface area (Å²) < 4.78 is 16.5. The molecule has 24 heavy (non-hydrogen) atoms. The maximum Gasteiger partial charge on any atom is 0.231 e. The first-order chi connectivity index (χ1) is 10.8. The van der Waals surface area contributed by atoms with Gasteiger partial charge in [-0.2, -0.15) is 0 Å². The van der Waals surface area contributed by atoms with Crippen molar-refractivity contribution in [2.75, 3.05) is 40.1 Å². The minimum Gasteiger partial charge on any atom is -0.496 e. The molecule has 3 heterocycles. The van der Waals surface area contributed by atoms with Crippen LogP contribution in [-0.2, 0) is 6.54 Å². The van der Waals surface area contributed by atoms with Crippen LogP contribution in [0.15, 0.2) is 12.1 Å². The van der Waals surface area contributed by atoms with Crippen LogP contribution < -0.4 is 19.5 Å². The lowest BCUT2D eigenvalue weighted by Gasteiger charge is -2.40. The van der Waals surface area contributed by atoms with Gasteiger partial charge in [-0.05, 0) is 43.8 Å². The Morgan fingerprint density at radius 1 is 1.21 bits per heavy atom. The van der Waals surface area contributed by atoms with E-state index in [0.717, 1.165) is 23.8 Å². The van der Waals surface area contributed by atoms with Crippen molar-refractivity contribution in [1.29, 1.82) is 0 Å². The molecule has 1 N–H and O–H groups in total. The zero-order chi connectivity index (χ0) is 15.0. The number of hydrogen-bond donors (Lipinski definition) is 1. The molecule has 5 nitrogen and oxygen atoms in total. The predicted molar refractivity (Wildman–Crippen MR) is 98.0 cm³/mol. The van der Waals surface area contributed by atoms with E-state index in [2.05, 4.69) is 16.3 Å². The zero-order valence-corrected chi connectivity index (χ0v) is 15.6. The van der Waals surface area contributed by atoms with Gasteiger partial charge in [-0.15, -0.1) is 24.8 Å². The minimum atomic E-state index is 0. The number of hydrogen-bond acceptors (Lipinski definition) is 5. The number of ether oxygens (including phenoxy) is 3. The van der Waals surface area contributed by atoms with Crippen LogP contribution in [0.2, 0.25) is 0 Å². The molecule has 1 spiro atoms. The monoisotopic (exact) mass is 376 g/mol. The Hall–Kier alpha value is -0.880. The first-order valence-electron chi connectivity index (χ1n) is 8.18. The molecule has 1 aromatic carbocycles. The van der Waals surface area contributed by atoms with Crippen LogP contribution in [-0.4, -0.2) is 45.0 Å². The molecule has 4 rings (SSSR count). The van der Waals surface area contributed by atoms with Gasteiger partial charge in [0, 0.05) is 31.3 Å². The van der Waals surface area contributed by atoms with Gasteiger partial charge < -0.3 is 19.5 Å². The lowest BCUT2D eigenvalue weighted by Crippen LogP contribution is -2.44. The van der Waals surface area contributed by atoms with E-state index in [4.69, 9.17) is 14.2 Å². The third-order valence-electron chi connectivity index (χ3n) is 5.24. The molecule has 7 heteroatoms. The van der Waals surface area contributed by atoms with Crippen molar-refractivity contribution < 1.29 is 14.2 Å². The normalized spacial score (nSPS) is 25.2. The number of benzene rings is 1. The molecule has 0 radical (unpaired) electrons. The van der Waals surface area contributed by atoms with E-state index in [1.807, 2.05) is 6.07 Å². The van der Waals surface area contributed by atoms with Gasteiger partial charge in [0.15, 0.2) is 11.5 Å². The summed E-state index contributed by atoms with van der Waals surface area (Å²) >= 11 is 0. The predicted octanol–water partition coefficient (Wildman–Crippen LogP) is 2.84. The van der Waals surface area contributed by atoms with Gasteiger partial charge in [0.25, 0.3) is 0 Å². The second kappa shape index (κ2) is 8.00. The van der Waals surface area contributed by atoms with Gasteiger partial charge in [0.2, 0.25) is 6.79 Å². The summed E-state index contributed by atoms with van der Waals surface area (Å²) in [5, 5.41) is 3.54. The van der Waals surface area contributed by atoms with E-state index in [-0.39, 0.29) is 24.8 Å². The highest BCUT2D eigenvalue weighted by Gasteiger charge is 2.38. The smallest absolute Gasteiger partial charge is 0.231 e. The fourth-order valence-electron chi connectivity index (χ4n) is 4.11. The van der Waals surface area contributed by atoms with E-state index in [1.54, 1.807) is 7.11 Å². The highest BCUT2D eigenvalue weighted by molar-refractivity contribution is 5.85. The van der Waals surface area contributed by atoms with Gasteiger partial charge in [0.05, 0.1) is 7.11 Å². The van der Waals surface area contributed by atoms with E-state index in [1.165, 1.54) is 51.0 Å². The molecule has 2 saturated heterocycles. The van der Waals surface area contributed by atoms with Crippen LogP contribution in [0, 0.1) is 5.41 Å². The van der Waals surface area contributed by atoms with Crippen LogP contribution in [0.1, 0.15) is 24.8 Å². The number of piperidine rings is 1. The average Bonchev–Trinajstić information content (AvgIpc) is 3.16. The number of halogens is 2. The molecule has 0 amide bonds. The van der Waals surface area contributed by atoms with Gasteiger partial charge in [0.1, 0.15) is 5.75 Å². The second-order valence-corrected chi connectivity index (χ2v) is 6.76. The van der Waals surface area contributed by atoms with Crippen molar-refractivity contribution in [3.05, 3.63) is 17.7 Å². The Bertz CT molecular complexity index is 565. The minimum absolute atomic E-state index is 0. The van der Waals surface area contributed by atoms with E-state index in [9.17, 15) is 0 Å². The maximum absolute atomic E-state index is 5.55. The first-order valence-corrected chi connectivity index (χ1v) is 8.18. The van der Waals surface area contributed by atoms with Crippen LogP contribution in [0.25, 0.3) is 0 Å². The van der Waals surface area contributed by atoms with Crippen molar-refractivity contribution in [2.45, 2.75) is 25.8 Å². The Labute approximate surface area is 155 Å². The lowest BCUT2D eigenvalue weighted by atomic mass is 9.79. The molecule has 1 atom stereocenters. The third kappa shape index (κ3) is 3.69. The summed E-state index contributed by atoms with van der Waals surface area (Å²) in [5.74, 6) is 2.52. The molecular formula is C17H26Cl2N2O3. The van der Waals surface area contributed by atoms with Crippen molar-refractivity contribution >= 4 is 24.8 Å². The number of nitrogens with zero attached hydrogens (tertiary/aromatic N) is 1. The van der Waals surface area contributed by atoms with Crippen LogP contribution in [0.5, 0.6) is 17.2 Å². The van der Waals surface area contributed by atoms with Crippen LogP contribution in [0.3, 0.4) is 0 Å². The molecule has 3 aliphatic rings. The van der Waals surface area contributed by atoms with Gasteiger partial charge in [-0.1, -0.05) is 0 Å². The fourth-order valence-corrected chi connectivity index (χ4v) is 4.11. The van der Waals surface area contributed by atoms with Crippen LogP contribution >= 0.6 is 24.8 Å². The molecule has 1 unspecified atom stereocenters. The quantitative estimate of drug-likeness (QED) is 0.878. The Kier molecular flexibility index (Phi) is 6.48. The van der Waals surface area contributed by atoms with E-state index >= 15 is 0 Å². The van der Waals surface area contributed by atoms with Crippen molar-refractivity contribution in [2.24, 2.45) is 5.41 Å². The molecule has 136 valence electrons. The average molecular weight is 377 g/mol. The van der Waals surface area contributed by atoms with Gasteiger partial charge in [-0.25, -0.2) is 0 Å². The van der Waals surface area contributed by atoms with Crippen molar-refractivity contribution in [1.82, 2.24) is 10.2 Å². The maximum atomic E-state index is 5.55. The summed E-state index contributed by atoms with van der Waals surface area (Å²) in [5.41, 5.74) is 1.68. The first kappa shape index (κ1) is 19.4. The molecule has 2 fully saturated rings. The standard InChI is InChI=1S/C17H24N2O3.2ClH/c1-20-14-8-16-15(21-12-22-16)7-13(14)9-19-6-2-3-17(11-19)4-5-18-10-17;;/h7-8,18H,2-6,9-12H2,1H3;2*1H. The van der Waals surface area contributed by atoms with E-state index < -0.39 is 0 Å². The molecule has 3 aliphatic heterocycles. The lowest BCUT2D eigenvalue weighted by molar-refractivity contribution is 0.0970. The second-order valence-electron chi connectivity index (χ2n) is 6.76. The largest absolute Gasteiger partial charge is 0.496 e. The summed E-state index contributed by atoms with van der Waals surface area (Å²) in [6.07, 6.45) is 3.95.